The number of ether oxygens (including phenoxy) is 2. The zero-order chi connectivity index (χ0) is 36.5. The van der Waals surface area contributed by atoms with Gasteiger partial charge in [0, 0.05) is 11.1 Å². The predicted molar refractivity (Wildman–Crippen MR) is 211 cm³/mol. The van der Waals surface area contributed by atoms with Crippen LogP contribution in [0.2, 0.25) is 0 Å². The smallest absolute Gasteiger partial charge is 0.127 e. The minimum absolute atomic E-state index is 0.163. The van der Waals surface area contributed by atoms with Gasteiger partial charge in [-0.1, -0.05) is 90.0 Å². The lowest BCUT2D eigenvalue weighted by molar-refractivity contribution is 0.281. The third-order valence-corrected chi connectivity index (χ3v) is 8.79. The third kappa shape index (κ3) is 8.03. The predicted octanol–water partition coefficient (Wildman–Crippen LogP) is 9.84. The van der Waals surface area contributed by atoms with E-state index in [1.165, 1.54) is 0 Å². The van der Waals surface area contributed by atoms with Crippen molar-refractivity contribution in [2.75, 3.05) is 14.2 Å². The van der Waals surface area contributed by atoms with Crippen molar-refractivity contribution in [2.45, 2.75) is 27.1 Å². The molecule has 0 amide bonds. The van der Waals surface area contributed by atoms with Crippen molar-refractivity contribution < 1.29 is 19.7 Å². The molecule has 0 saturated heterocycles. The summed E-state index contributed by atoms with van der Waals surface area (Å²) in [4.78, 5) is 9.44. The van der Waals surface area contributed by atoms with Crippen molar-refractivity contribution in [3.63, 3.8) is 0 Å². The van der Waals surface area contributed by atoms with Gasteiger partial charge in [-0.15, -0.1) is 0 Å². The summed E-state index contributed by atoms with van der Waals surface area (Å²) in [5.41, 5.74) is 11.3. The summed E-state index contributed by atoms with van der Waals surface area (Å²) < 4.78 is 11.8. The van der Waals surface area contributed by atoms with Crippen molar-refractivity contribution in [1.82, 2.24) is 0 Å². The highest BCUT2D eigenvalue weighted by atomic mass is 16.5. The summed E-state index contributed by atoms with van der Waals surface area (Å²) in [6, 6.07) is 43.2. The molecule has 52 heavy (non-hydrogen) atoms. The number of aliphatic imine (C=N–C) groups is 2. The summed E-state index contributed by atoms with van der Waals surface area (Å²) in [5, 5.41) is 21.0. The van der Waals surface area contributed by atoms with Gasteiger partial charge in [0.1, 0.15) is 11.5 Å². The second-order valence-electron chi connectivity index (χ2n) is 12.3. The Kier molecular flexibility index (Phi) is 11.4. The quantitative estimate of drug-likeness (QED) is 0.133. The lowest BCUT2D eigenvalue weighted by atomic mass is 9.88. The van der Waals surface area contributed by atoms with Crippen LogP contribution in [-0.2, 0) is 13.2 Å². The highest BCUT2D eigenvalue weighted by Crippen LogP contribution is 2.39. The zero-order valence-corrected chi connectivity index (χ0v) is 29.7. The number of hydrogen-bond acceptors (Lipinski definition) is 6. The standard InChI is InChI=1S/C46H40N2O4/c1-31-15-17-35(29-49)39(23-31)43(27-47-37-11-7-5-8-12-37)40-25-33(18-19-36(40)30-50)34-20-22-46(52-4)42(26-34)44(28-48-38-13-9-6-10-14-38)41-24-32(2)16-21-45(41)51-3/h5-26,49-50H,29-30H2,1-4H3. The molecule has 6 aromatic carbocycles. The second-order valence-corrected chi connectivity index (χ2v) is 12.3. The van der Waals surface area contributed by atoms with Crippen LogP contribution < -0.4 is 9.47 Å². The van der Waals surface area contributed by atoms with Crippen molar-refractivity contribution in [3.8, 4) is 22.6 Å². The monoisotopic (exact) mass is 684 g/mol. The SMILES string of the molecule is COc1ccc(C)cc1C(=C=Nc1ccccc1)c1cc(-c2ccc(CO)c(C(=C=Nc3ccccc3)c3cc(C)ccc3CO)c2)ccc1OC. The summed E-state index contributed by atoms with van der Waals surface area (Å²) in [5.74, 6) is 7.98. The number of hydrogen-bond donors (Lipinski definition) is 2. The van der Waals surface area contributed by atoms with Gasteiger partial charge < -0.3 is 19.7 Å². The Morgan fingerprint density at radius 2 is 0.904 bits per heavy atom. The largest absolute Gasteiger partial charge is 0.496 e. The van der Waals surface area contributed by atoms with Crippen molar-refractivity contribution >= 4 is 34.3 Å². The van der Waals surface area contributed by atoms with Gasteiger partial charge in [0.25, 0.3) is 0 Å². The number of aliphatic hydroxyl groups is 2. The molecule has 0 unspecified atom stereocenters. The normalized spacial score (nSPS) is 10.5. The highest BCUT2D eigenvalue weighted by molar-refractivity contribution is 6.04. The van der Waals surface area contributed by atoms with E-state index >= 15 is 0 Å². The molecule has 0 aromatic heterocycles. The minimum Gasteiger partial charge on any atom is -0.496 e. The van der Waals surface area contributed by atoms with Crippen LogP contribution in [0.15, 0.2) is 143 Å². The van der Waals surface area contributed by atoms with Gasteiger partial charge in [0.15, 0.2) is 0 Å². The second kappa shape index (κ2) is 16.6. The molecular formula is C46H40N2O4. The molecule has 6 rings (SSSR count). The fraction of sp³-hybridized carbons (Fsp3) is 0.130. The molecule has 0 fully saturated rings. The fourth-order valence-corrected chi connectivity index (χ4v) is 6.06. The van der Waals surface area contributed by atoms with E-state index in [1.807, 2.05) is 135 Å². The lowest BCUT2D eigenvalue weighted by Crippen LogP contribution is -2.02. The number of nitrogens with zero attached hydrogens (tertiary/aromatic N) is 2. The van der Waals surface area contributed by atoms with Crippen LogP contribution in [0.4, 0.5) is 11.4 Å². The van der Waals surface area contributed by atoms with Crippen LogP contribution in [0.3, 0.4) is 0 Å². The molecule has 0 aliphatic carbocycles. The molecule has 0 spiro atoms. The van der Waals surface area contributed by atoms with Gasteiger partial charge in [-0.05, 0) is 114 Å². The lowest BCUT2D eigenvalue weighted by Gasteiger charge is -2.17. The fourth-order valence-electron chi connectivity index (χ4n) is 6.06. The molecule has 0 saturated carbocycles. The Labute approximate surface area is 305 Å². The van der Waals surface area contributed by atoms with E-state index in [9.17, 15) is 10.2 Å². The average molecular weight is 685 g/mol. The third-order valence-electron chi connectivity index (χ3n) is 8.79. The van der Waals surface area contributed by atoms with Gasteiger partial charge in [0.2, 0.25) is 0 Å². The van der Waals surface area contributed by atoms with Crippen LogP contribution in [0, 0.1) is 13.8 Å². The molecule has 0 aliphatic heterocycles. The first-order valence-electron chi connectivity index (χ1n) is 17.0. The maximum atomic E-state index is 10.6. The van der Waals surface area contributed by atoms with Gasteiger partial charge in [-0.2, -0.15) is 0 Å². The van der Waals surface area contributed by atoms with Crippen molar-refractivity contribution in [1.29, 1.82) is 0 Å². The van der Waals surface area contributed by atoms with E-state index in [0.717, 1.165) is 61.4 Å². The molecule has 0 heterocycles. The van der Waals surface area contributed by atoms with Gasteiger partial charge in [-0.3, -0.25) is 0 Å². The Morgan fingerprint density at radius 1 is 0.500 bits per heavy atom. The summed E-state index contributed by atoms with van der Waals surface area (Å²) in [6.45, 7) is 3.68. The molecule has 0 bridgehead atoms. The number of rotatable bonds is 11. The Morgan fingerprint density at radius 3 is 1.44 bits per heavy atom. The molecule has 0 atom stereocenters. The Bertz CT molecular complexity index is 2170. The first-order valence-corrected chi connectivity index (χ1v) is 17.0. The van der Waals surface area contributed by atoms with Gasteiger partial charge in [-0.25, -0.2) is 9.98 Å². The minimum atomic E-state index is -0.198. The summed E-state index contributed by atoms with van der Waals surface area (Å²) in [7, 11) is 3.30. The van der Waals surface area contributed by atoms with Crippen LogP contribution in [0.5, 0.6) is 11.5 Å². The number of methoxy groups -OCH3 is 2. The van der Waals surface area contributed by atoms with E-state index in [4.69, 9.17) is 19.5 Å². The highest BCUT2D eigenvalue weighted by Gasteiger charge is 2.19. The van der Waals surface area contributed by atoms with Gasteiger partial charge >= 0.3 is 0 Å². The molecule has 6 nitrogen and oxygen atoms in total. The molecule has 258 valence electrons. The first-order chi connectivity index (χ1) is 25.4. The Hall–Kier alpha value is -6.26. The number of benzene rings is 6. The molecule has 0 radical (unpaired) electrons. The van der Waals surface area contributed by atoms with E-state index in [0.29, 0.717) is 28.2 Å². The van der Waals surface area contributed by atoms with Crippen molar-refractivity contribution in [2.24, 2.45) is 9.98 Å². The van der Waals surface area contributed by atoms with E-state index in [2.05, 4.69) is 23.9 Å². The molecular weight excluding hydrogens is 645 g/mol. The number of aryl methyl sites for hydroxylation is 2. The Balaban J connectivity index is 1.59. The van der Waals surface area contributed by atoms with E-state index < -0.39 is 0 Å². The molecule has 2 N–H and O–H groups in total. The number of aliphatic hydroxyl groups excluding tert-OH is 2. The average Bonchev–Trinajstić information content (AvgIpc) is 3.19. The molecule has 6 aromatic rings. The van der Waals surface area contributed by atoms with E-state index in [-0.39, 0.29) is 13.2 Å². The van der Waals surface area contributed by atoms with Crippen LogP contribution in [0.1, 0.15) is 44.5 Å². The number of para-hydroxylation sites is 2. The van der Waals surface area contributed by atoms with E-state index in [1.54, 1.807) is 14.2 Å². The topological polar surface area (TPSA) is 83.6 Å². The van der Waals surface area contributed by atoms with Crippen LogP contribution >= 0.6 is 0 Å². The van der Waals surface area contributed by atoms with Crippen LogP contribution in [0.25, 0.3) is 22.3 Å². The molecule has 6 heteroatoms. The van der Waals surface area contributed by atoms with Crippen molar-refractivity contribution in [3.05, 3.63) is 178 Å². The summed E-state index contributed by atoms with van der Waals surface area (Å²) in [6.07, 6.45) is 0. The van der Waals surface area contributed by atoms with Crippen LogP contribution in [-0.4, -0.2) is 36.2 Å². The maximum absolute atomic E-state index is 10.6. The zero-order valence-electron chi connectivity index (χ0n) is 29.7. The van der Waals surface area contributed by atoms with Gasteiger partial charge in [0.05, 0.1) is 50.0 Å². The maximum Gasteiger partial charge on any atom is 0.127 e. The molecule has 0 aliphatic rings. The summed E-state index contributed by atoms with van der Waals surface area (Å²) >= 11 is 0. The first kappa shape index (κ1) is 35.6.